The molecule has 2 rings (SSSR count). The van der Waals surface area contributed by atoms with Gasteiger partial charge < -0.3 is 0 Å². The summed E-state index contributed by atoms with van der Waals surface area (Å²) in [7, 11) is 0. The highest BCUT2D eigenvalue weighted by molar-refractivity contribution is 7.99. The van der Waals surface area contributed by atoms with Crippen LogP contribution in [0.4, 0.5) is 0 Å². The first-order chi connectivity index (χ1) is 12.5. The zero-order chi connectivity index (χ0) is 19.1. The fraction of sp³-hybridized carbons (Fsp3) is 0.400. The van der Waals surface area contributed by atoms with Gasteiger partial charge in [-0.05, 0) is 75.3 Å². The topological polar surface area (TPSA) is 73.4 Å². The molecule has 2 aromatic heterocycles. The lowest BCUT2D eigenvalue weighted by atomic mass is 10.1. The first-order valence-electron chi connectivity index (χ1n) is 8.48. The summed E-state index contributed by atoms with van der Waals surface area (Å²) in [6, 6.07) is 8.42. The van der Waals surface area contributed by atoms with Gasteiger partial charge in [0.15, 0.2) is 0 Å². The van der Waals surface area contributed by atoms with E-state index in [1.807, 2.05) is 39.8 Å². The number of hydrogen-bond donors (Lipinski definition) is 0. The third-order valence-electron chi connectivity index (χ3n) is 3.86. The van der Waals surface area contributed by atoms with Gasteiger partial charge in [0.1, 0.15) is 22.2 Å². The SMILES string of the molecule is Cc1cc(C)c(C#N)c(SCCCCSc2nc(C)cc(C)c2C#N)n1. The van der Waals surface area contributed by atoms with Crippen LogP contribution in [0.3, 0.4) is 0 Å². The minimum absolute atomic E-state index is 0.688. The molecule has 0 aliphatic rings. The van der Waals surface area contributed by atoms with Crippen molar-refractivity contribution in [1.29, 1.82) is 10.5 Å². The van der Waals surface area contributed by atoms with Crippen LogP contribution in [0, 0.1) is 50.4 Å². The van der Waals surface area contributed by atoms with E-state index in [-0.39, 0.29) is 0 Å². The highest BCUT2D eigenvalue weighted by atomic mass is 32.2. The minimum atomic E-state index is 0.688. The van der Waals surface area contributed by atoms with Crippen molar-refractivity contribution in [2.24, 2.45) is 0 Å². The molecule has 2 heterocycles. The molecule has 0 aromatic carbocycles. The minimum Gasteiger partial charge on any atom is -0.245 e. The van der Waals surface area contributed by atoms with Gasteiger partial charge in [-0.15, -0.1) is 23.5 Å². The van der Waals surface area contributed by atoms with Crippen LogP contribution < -0.4 is 0 Å². The standard InChI is InChI=1S/C20H22N4S2/c1-13-9-15(3)23-19(17(13)11-21)25-7-5-6-8-26-20-18(12-22)14(2)10-16(4)24-20/h9-10H,5-8H2,1-4H3. The first kappa shape index (κ1) is 20.3. The van der Waals surface area contributed by atoms with Gasteiger partial charge in [0.05, 0.1) is 11.1 Å². The largest absolute Gasteiger partial charge is 0.245 e. The van der Waals surface area contributed by atoms with Crippen molar-refractivity contribution in [2.45, 2.75) is 50.6 Å². The Morgan fingerprint density at radius 1 is 0.769 bits per heavy atom. The third-order valence-corrected chi connectivity index (χ3v) is 5.99. The van der Waals surface area contributed by atoms with Gasteiger partial charge in [-0.2, -0.15) is 10.5 Å². The van der Waals surface area contributed by atoms with Crippen LogP contribution in [-0.4, -0.2) is 21.5 Å². The Balaban J connectivity index is 1.85. The summed E-state index contributed by atoms with van der Waals surface area (Å²) in [5.74, 6) is 1.85. The molecule has 134 valence electrons. The number of aromatic nitrogens is 2. The molecule has 6 heteroatoms. The van der Waals surface area contributed by atoms with E-state index in [0.717, 1.165) is 56.9 Å². The number of hydrogen-bond acceptors (Lipinski definition) is 6. The Morgan fingerprint density at radius 2 is 1.15 bits per heavy atom. The second-order valence-electron chi connectivity index (χ2n) is 6.15. The summed E-state index contributed by atoms with van der Waals surface area (Å²) in [5.41, 5.74) is 5.25. The van der Waals surface area contributed by atoms with E-state index in [2.05, 4.69) is 22.1 Å². The van der Waals surface area contributed by atoms with Gasteiger partial charge in [0.2, 0.25) is 0 Å². The van der Waals surface area contributed by atoms with Crippen LogP contribution in [0.1, 0.15) is 46.5 Å². The summed E-state index contributed by atoms with van der Waals surface area (Å²) in [6.07, 6.45) is 2.06. The van der Waals surface area contributed by atoms with Gasteiger partial charge in [-0.3, -0.25) is 0 Å². The fourth-order valence-electron chi connectivity index (χ4n) is 2.63. The predicted octanol–water partition coefficient (Wildman–Crippen LogP) is 5.12. The van der Waals surface area contributed by atoms with Gasteiger partial charge in [0.25, 0.3) is 0 Å². The molecule has 0 N–H and O–H groups in total. The van der Waals surface area contributed by atoms with Crippen molar-refractivity contribution >= 4 is 23.5 Å². The van der Waals surface area contributed by atoms with E-state index in [1.165, 1.54) is 0 Å². The van der Waals surface area contributed by atoms with Gasteiger partial charge >= 0.3 is 0 Å². The number of nitrogens with zero attached hydrogens (tertiary/aromatic N) is 4. The van der Waals surface area contributed by atoms with Crippen LogP contribution in [0.5, 0.6) is 0 Å². The molecule has 0 aliphatic carbocycles. The number of unbranched alkanes of at least 4 members (excludes halogenated alkanes) is 1. The van der Waals surface area contributed by atoms with Crippen LogP contribution in [0.15, 0.2) is 22.2 Å². The second kappa shape index (κ2) is 9.62. The molecule has 2 aromatic rings. The number of nitriles is 2. The van der Waals surface area contributed by atoms with E-state index in [0.29, 0.717) is 11.1 Å². The molecule has 0 aliphatic heterocycles. The molecule has 0 fully saturated rings. The van der Waals surface area contributed by atoms with Crippen LogP contribution >= 0.6 is 23.5 Å². The van der Waals surface area contributed by atoms with Crippen molar-refractivity contribution in [3.05, 3.63) is 45.8 Å². The molecule has 0 amide bonds. The van der Waals surface area contributed by atoms with E-state index >= 15 is 0 Å². The smallest absolute Gasteiger partial charge is 0.114 e. The molecule has 0 radical (unpaired) electrons. The summed E-state index contributed by atoms with van der Waals surface area (Å²) < 4.78 is 0. The lowest BCUT2D eigenvalue weighted by Gasteiger charge is -2.08. The maximum absolute atomic E-state index is 9.31. The second-order valence-corrected chi connectivity index (χ2v) is 8.32. The zero-order valence-corrected chi connectivity index (χ0v) is 17.2. The molecule has 0 atom stereocenters. The van der Waals surface area contributed by atoms with E-state index in [4.69, 9.17) is 0 Å². The fourth-order valence-corrected chi connectivity index (χ4v) is 4.83. The molecule has 0 saturated heterocycles. The quantitative estimate of drug-likeness (QED) is 0.489. The highest BCUT2D eigenvalue weighted by Crippen LogP contribution is 2.27. The Labute approximate surface area is 164 Å². The number of aryl methyl sites for hydroxylation is 4. The maximum atomic E-state index is 9.31. The summed E-state index contributed by atoms with van der Waals surface area (Å²) in [5, 5.41) is 20.3. The Morgan fingerprint density at radius 3 is 1.50 bits per heavy atom. The van der Waals surface area contributed by atoms with E-state index in [9.17, 15) is 10.5 Å². The lowest BCUT2D eigenvalue weighted by molar-refractivity contribution is 0.900. The molecular weight excluding hydrogens is 360 g/mol. The molecule has 0 spiro atoms. The zero-order valence-electron chi connectivity index (χ0n) is 15.6. The van der Waals surface area contributed by atoms with Crippen molar-refractivity contribution in [1.82, 2.24) is 9.97 Å². The average Bonchev–Trinajstić information content (AvgIpc) is 2.57. The average molecular weight is 383 g/mol. The Kier molecular flexibility index (Phi) is 7.50. The molecule has 0 saturated carbocycles. The molecule has 0 unspecified atom stereocenters. The monoisotopic (exact) mass is 382 g/mol. The first-order valence-corrected chi connectivity index (χ1v) is 10.5. The van der Waals surface area contributed by atoms with E-state index in [1.54, 1.807) is 23.5 Å². The summed E-state index contributed by atoms with van der Waals surface area (Å²) in [6.45, 7) is 7.83. The van der Waals surface area contributed by atoms with Gasteiger partial charge in [-0.25, -0.2) is 9.97 Å². The van der Waals surface area contributed by atoms with Crippen molar-refractivity contribution < 1.29 is 0 Å². The normalized spacial score (nSPS) is 10.4. The van der Waals surface area contributed by atoms with Crippen LogP contribution in [-0.2, 0) is 0 Å². The number of pyridine rings is 2. The van der Waals surface area contributed by atoms with Crippen LogP contribution in [0.25, 0.3) is 0 Å². The highest BCUT2D eigenvalue weighted by Gasteiger charge is 2.10. The number of thioether (sulfide) groups is 2. The molecule has 26 heavy (non-hydrogen) atoms. The molecule has 4 nitrogen and oxygen atoms in total. The predicted molar refractivity (Wildman–Crippen MR) is 108 cm³/mol. The summed E-state index contributed by atoms with van der Waals surface area (Å²) in [4.78, 5) is 9.00. The molecular formula is C20H22N4S2. The Hall–Kier alpha value is -2.02. The summed E-state index contributed by atoms with van der Waals surface area (Å²) >= 11 is 3.30. The lowest BCUT2D eigenvalue weighted by Crippen LogP contribution is -1.96. The van der Waals surface area contributed by atoms with Gasteiger partial charge in [-0.1, -0.05) is 0 Å². The molecule has 0 bridgehead atoms. The van der Waals surface area contributed by atoms with Gasteiger partial charge in [0, 0.05) is 11.4 Å². The third kappa shape index (κ3) is 5.24. The maximum Gasteiger partial charge on any atom is 0.114 e. The van der Waals surface area contributed by atoms with Crippen molar-refractivity contribution in [3.8, 4) is 12.1 Å². The van der Waals surface area contributed by atoms with Crippen molar-refractivity contribution in [3.63, 3.8) is 0 Å². The van der Waals surface area contributed by atoms with Crippen LogP contribution in [0.2, 0.25) is 0 Å². The van der Waals surface area contributed by atoms with E-state index < -0.39 is 0 Å². The number of rotatable bonds is 7. The Bertz CT molecular complexity index is 805. The van der Waals surface area contributed by atoms with Crippen molar-refractivity contribution in [2.75, 3.05) is 11.5 Å².